The van der Waals surface area contributed by atoms with Crippen molar-refractivity contribution in [3.05, 3.63) is 113 Å². The second kappa shape index (κ2) is 24.2. The van der Waals surface area contributed by atoms with Crippen molar-refractivity contribution in [2.24, 2.45) is 0 Å². The fraction of sp³-hybridized carbons (Fsp3) is 0.481. The molecule has 4 aliphatic heterocycles. The highest BCUT2D eigenvalue weighted by Crippen LogP contribution is 2.27. The van der Waals surface area contributed by atoms with E-state index in [1.165, 1.54) is 11.1 Å². The molecule has 4 aromatic heterocycles. The molecule has 0 unspecified atom stereocenters. The Labute approximate surface area is 434 Å². The van der Waals surface area contributed by atoms with Crippen molar-refractivity contribution in [1.82, 2.24) is 59.1 Å². The number of nitrogens with one attached hydrogen (secondary N) is 1. The molecule has 0 aliphatic carbocycles. The zero-order valence-corrected chi connectivity index (χ0v) is 44.2. The van der Waals surface area contributed by atoms with Crippen LogP contribution < -0.4 is 11.1 Å². The van der Waals surface area contributed by atoms with Gasteiger partial charge in [-0.15, -0.1) is 0 Å². The Hall–Kier alpha value is -6.31. The third-order valence-electron chi connectivity index (χ3n) is 13.4. The van der Waals surface area contributed by atoms with Gasteiger partial charge in [-0.1, -0.05) is 24.3 Å². The lowest BCUT2D eigenvalue weighted by Gasteiger charge is -2.40. The van der Waals surface area contributed by atoms with E-state index in [0.29, 0.717) is 57.1 Å². The van der Waals surface area contributed by atoms with Gasteiger partial charge in [0.15, 0.2) is 0 Å². The first kappa shape index (κ1) is 53.0. The Balaban J connectivity index is 0.000000166. The van der Waals surface area contributed by atoms with Gasteiger partial charge >= 0.3 is 0 Å². The third kappa shape index (κ3) is 14.5. The summed E-state index contributed by atoms with van der Waals surface area (Å²) >= 11 is 5.86. The van der Waals surface area contributed by atoms with E-state index in [1.54, 1.807) is 18.6 Å². The summed E-state index contributed by atoms with van der Waals surface area (Å²) in [6.45, 7) is 19.3. The van der Waals surface area contributed by atoms with Crippen molar-refractivity contribution < 1.29 is 19.1 Å². The van der Waals surface area contributed by atoms with Gasteiger partial charge in [-0.05, 0) is 127 Å². The number of aryl methyl sites for hydroxylation is 4. The number of carbonyl (C=O) groups excluding carboxylic acids is 2. The molecule has 0 atom stereocenters. The van der Waals surface area contributed by atoms with E-state index >= 15 is 0 Å². The summed E-state index contributed by atoms with van der Waals surface area (Å²) in [6.07, 6.45) is 14.1. The molecule has 2 amide bonds. The van der Waals surface area contributed by atoms with Crippen LogP contribution in [0, 0.1) is 13.8 Å². The maximum atomic E-state index is 12.5. The highest BCUT2D eigenvalue weighted by molar-refractivity contribution is 6.28. The predicted octanol–water partition coefficient (Wildman–Crippen LogP) is 7.07. The lowest BCUT2D eigenvalue weighted by molar-refractivity contribution is -0.148. The van der Waals surface area contributed by atoms with Gasteiger partial charge in [0.05, 0.1) is 71.7 Å². The van der Waals surface area contributed by atoms with Crippen LogP contribution in [0.1, 0.15) is 74.9 Å². The van der Waals surface area contributed by atoms with Crippen molar-refractivity contribution in [3.8, 4) is 22.5 Å². The summed E-state index contributed by atoms with van der Waals surface area (Å²) < 4.78 is 15.4. The van der Waals surface area contributed by atoms with E-state index in [-0.39, 0.29) is 41.5 Å². The van der Waals surface area contributed by atoms with Crippen molar-refractivity contribution >= 4 is 40.7 Å². The van der Waals surface area contributed by atoms with Crippen LogP contribution in [0.5, 0.6) is 0 Å². The van der Waals surface area contributed by atoms with Crippen LogP contribution >= 0.6 is 11.6 Å². The number of ether oxygens (including phenoxy) is 2. The monoisotopic (exact) mass is 1010 g/mol. The third-order valence-corrected chi connectivity index (χ3v) is 13.6. The molecule has 19 heteroatoms. The molecule has 0 saturated carbocycles. The smallest absolute Gasteiger partial charge is 0.227 e. The molecule has 2 aromatic carbocycles. The second-order valence-electron chi connectivity index (χ2n) is 20.3. The molecule has 4 fully saturated rings. The molecule has 10 rings (SSSR count). The van der Waals surface area contributed by atoms with E-state index in [0.717, 1.165) is 84.0 Å². The van der Waals surface area contributed by atoms with Gasteiger partial charge in [-0.3, -0.25) is 19.0 Å². The van der Waals surface area contributed by atoms with Crippen LogP contribution in [0.3, 0.4) is 0 Å². The summed E-state index contributed by atoms with van der Waals surface area (Å²) in [5, 5.41) is 12.1. The van der Waals surface area contributed by atoms with Gasteiger partial charge in [0.25, 0.3) is 0 Å². The molecule has 6 aromatic rings. The van der Waals surface area contributed by atoms with E-state index in [4.69, 9.17) is 31.8 Å². The number of benzene rings is 2. The van der Waals surface area contributed by atoms with Gasteiger partial charge in [-0.2, -0.15) is 10.2 Å². The molecule has 18 nitrogen and oxygen atoms in total. The first-order valence-electron chi connectivity index (χ1n) is 25.4. The molecule has 4 aliphatic rings. The highest BCUT2D eigenvalue weighted by atomic mass is 35.5. The predicted molar refractivity (Wildman–Crippen MR) is 284 cm³/mol. The maximum absolute atomic E-state index is 12.5. The Kier molecular flexibility index (Phi) is 17.5. The summed E-state index contributed by atoms with van der Waals surface area (Å²) in [5.74, 6) is 0.931. The number of nitrogens with zero attached hydrogens (tertiary/aromatic N) is 12. The molecule has 388 valence electrons. The maximum Gasteiger partial charge on any atom is 0.227 e. The molecule has 0 bridgehead atoms. The van der Waals surface area contributed by atoms with Crippen molar-refractivity contribution in [3.63, 3.8) is 0 Å². The second-order valence-corrected chi connectivity index (χ2v) is 20.6. The summed E-state index contributed by atoms with van der Waals surface area (Å²) in [7, 11) is 4.21. The zero-order chi connectivity index (χ0) is 51.8. The number of amides is 2. The van der Waals surface area contributed by atoms with Crippen LogP contribution in [-0.2, 0) is 31.9 Å². The number of rotatable bonds is 16. The number of nitrogen functional groups attached to an aromatic ring is 1. The minimum atomic E-state index is 0.183. The average Bonchev–Trinajstić information content (AvgIpc) is 3.96. The molecular weight excluding hydrogens is 944 g/mol. The molecule has 0 radical (unpaired) electrons. The van der Waals surface area contributed by atoms with Gasteiger partial charge in [-0.25, -0.2) is 19.9 Å². The molecule has 8 heterocycles. The van der Waals surface area contributed by atoms with E-state index < -0.39 is 0 Å². The van der Waals surface area contributed by atoms with Crippen LogP contribution in [0.15, 0.2) is 85.7 Å². The quantitative estimate of drug-likeness (QED) is 0.0936. The van der Waals surface area contributed by atoms with Crippen molar-refractivity contribution in [2.45, 2.75) is 104 Å². The van der Waals surface area contributed by atoms with Gasteiger partial charge < -0.3 is 40.1 Å². The number of hydrogen-bond donors (Lipinski definition) is 2. The standard InChI is InChI=1S/C27H35N7O2.C20H24ClN3O2.C7H12N4/c1-18(2)36-24-16-33(17-24)26(35)8-7-20-5-6-21(11-19(20)3)25-9-10-28-27(31-25)30-22-12-29-34(13-22)23-14-32(4)15-23;1-13(2)26-17-11-24(12-17)19(25)7-6-15-4-5-16(10-14(15)3)18-8-9-22-20(21)23-18;1-10-4-7(5-10)11-3-6(8)2-9-11/h5-6,9-13,18,23-24H,7-8,14-17H2,1-4H3,(H,28,30,31);4-5,8-10,13,17H,6-7,11-12H2,1-3H3;2-3,7H,4-5,8H2,1H3. The van der Waals surface area contributed by atoms with Crippen LogP contribution in [0.4, 0.5) is 17.3 Å². The van der Waals surface area contributed by atoms with Crippen molar-refractivity contribution in [1.29, 1.82) is 0 Å². The SMILES string of the molecule is CN1CC(n2cc(N)cn2)C1.Cc1cc(-c2ccnc(Cl)n2)ccc1CCC(=O)N1CC(OC(C)C)C1.Cc1cc(-c2ccnc(Nc3cnn(C4CN(C)C4)c3)n2)ccc1CCC(=O)N1CC(OC(C)C)C1. The number of halogens is 1. The summed E-state index contributed by atoms with van der Waals surface area (Å²) in [5.41, 5.74) is 15.5. The summed E-state index contributed by atoms with van der Waals surface area (Å²) in [6, 6.07) is 17.2. The minimum Gasteiger partial charge on any atom is -0.396 e. The Morgan fingerprint density at radius 3 is 1.60 bits per heavy atom. The number of carbonyl (C=O) groups is 2. The number of aromatic nitrogens is 8. The summed E-state index contributed by atoms with van der Waals surface area (Å²) in [4.78, 5) is 50.4. The van der Waals surface area contributed by atoms with E-state index in [9.17, 15) is 9.59 Å². The van der Waals surface area contributed by atoms with Crippen molar-refractivity contribution in [2.75, 3.05) is 77.5 Å². The van der Waals surface area contributed by atoms with Gasteiger partial charge in [0, 0.05) is 101 Å². The van der Waals surface area contributed by atoms with Crippen LogP contribution in [0.25, 0.3) is 22.5 Å². The Morgan fingerprint density at radius 1 is 0.671 bits per heavy atom. The largest absolute Gasteiger partial charge is 0.396 e. The van der Waals surface area contributed by atoms with Gasteiger partial charge in [0.2, 0.25) is 23.0 Å². The van der Waals surface area contributed by atoms with Crippen LogP contribution in [-0.4, -0.2) is 162 Å². The molecule has 73 heavy (non-hydrogen) atoms. The molecule has 4 saturated heterocycles. The first-order valence-corrected chi connectivity index (χ1v) is 25.7. The fourth-order valence-corrected chi connectivity index (χ4v) is 9.47. The zero-order valence-electron chi connectivity index (χ0n) is 43.5. The first-order chi connectivity index (χ1) is 35.0. The topological polar surface area (TPSA) is 191 Å². The number of nitrogens with two attached hydrogens (primary N) is 1. The number of likely N-dealkylation sites (N-methyl/N-ethyl adjacent to an activating group) is 2. The number of likely N-dealkylation sites (tertiary alicyclic amines) is 4. The normalized spacial score (nSPS) is 16.5. The van der Waals surface area contributed by atoms with E-state index in [1.807, 2.05) is 83.6 Å². The van der Waals surface area contributed by atoms with Crippen LogP contribution in [0.2, 0.25) is 5.28 Å². The Morgan fingerprint density at radius 2 is 1.15 bits per heavy atom. The highest BCUT2D eigenvalue weighted by Gasteiger charge is 2.33. The lowest BCUT2D eigenvalue weighted by atomic mass is 9.99. The van der Waals surface area contributed by atoms with E-state index in [2.05, 4.69) is 98.5 Å². The molecule has 3 N–H and O–H groups in total. The van der Waals surface area contributed by atoms with Gasteiger partial charge in [0.1, 0.15) is 0 Å². The number of anilines is 3. The number of hydrogen-bond acceptors (Lipinski definition) is 14. The Bertz CT molecular complexity index is 2790. The minimum absolute atomic E-state index is 0.183. The average molecular weight is 1020 g/mol. The molecular formula is C54H71ClN14O4. The lowest BCUT2D eigenvalue weighted by Crippen LogP contribution is -2.55. The fourth-order valence-electron chi connectivity index (χ4n) is 9.32. The molecule has 0 spiro atoms.